The lowest BCUT2D eigenvalue weighted by Crippen LogP contribution is -2.17. The number of carbonyl (C=O) groups excluding carboxylic acids is 1. The fraction of sp³-hybridized carbons (Fsp3) is 0.167. The number of thioether (sulfide) groups is 1. The van der Waals surface area contributed by atoms with Crippen LogP contribution in [0.1, 0.15) is 19.4 Å². The van der Waals surface area contributed by atoms with Gasteiger partial charge in [-0.25, -0.2) is 0 Å². The Labute approximate surface area is 172 Å². The van der Waals surface area contributed by atoms with Crippen LogP contribution in [-0.2, 0) is 4.79 Å². The number of nitrogens with one attached hydrogen (secondary N) is 1. The maximum Gasteiger partial charge on any atom is 0.262 e. The van der Waals surface area contributed by atoms with Crippen LogP contribution in [0, 0.1) is 7.14 Å². The van der Waals surface area contributed by atoms with Gasteiger partial charge in [-0.1, -0.05) is 23.9 Å². The molecule has 0 saturated carbocycles. The van der Waals surface area contributed by atoms with Crippen molar-refractivity contribution in [1.29, 1.82) is 0 Å². The lowest BCUT2D eigenvalue weighted by molar-refractivity contribution is -0.112. The molecule has 0 atom stereocenters. The van der Waals surface area contributed by atoms with Gasteiger partial charge in [0, 0.05) is 4.90 Å². The van der Waals surface area contributed by atoms with Gasteiger partial charge < -0.3 is 10.1 Å². The molecule has 1 aliphatic rings. The third-order valence-electron chi connectivity index (χ3n) is 3.25. The molecule has 124 valence electrons. The van der Waals surface area contributed by atoms with Gasteiger partial charge >= 0.3 is 0 Å². The molecule has 0 aromatic heterocycles. The molecule has 2 aromatic carbocycles. The molecule has 0 spiro atoms. The van der Waals surface area contributed by atoms with Crippen LogP contribution in [0.15, 0.2) is 46.2 Å². The number of ether oxygens (including phenoxy) is 1. The summed E-state index contributed by atoms with van der Waals surface area (Å²) in [4.78, 5) is 14.1. The first kappa shape index (κ1) is 18.1. The number of benzene rings is 2. The third-order valence-corrected chi connectivity index (χ3v) is 5.95. The zero-order valence-electron chi connectivity index (χ0n) is 13.1. The van der Waals surface area contributed by atoms with Gasteiger partial charge in [0.25, 0.3) is 5.91 Å². The monoisotopic (exact) mass is 563 g/mol. The van der Waals surface area contributed by atoms with Gasteiger partial charge in [0.05, 0.1) is 23.8 Å². The van der Waals surface area contributed by atoms with Crippen molar-refractivity contribution >= 4 is 74.6 Å². The lowest BCUT2D eigenvalue weighted by Gasteiger charge is -2.18. The first-order chi connectivity index (χ1) is 11.4. The zero-order chi connectivity index (χ0) is 17.3. The highest BCUT2D eigenvalue weighted by molar-refractivity contribution is 14.1. The van der Waals surface area contributed by atoms with Crippen LogP contribution in [0.4, 0.5) is 5.69 Å². The maximum atomic E-state index is 12.3. The molecule has 24 heavy (non-hydrogen) atoms. The van der Waals surface area contributed by atoms with Crippen molar-refractivity contribution in [1.82, 2.24) is 0 Å². The van der Waals surface area contributed by atoms with E-state index in [2.05, 4.69) is 50.5 Å². The number of anilines is 1. The molecule has 3 nitrogen and oxygen atoms in total. The number of para-hydroxylation sites is 1. The summed E-state index contributed by atoms with van der Waals surface area (Å²) in [6.07, 6.45) is 2.06. The fourth-order valence-electron chi connectivity index (χ4n) is 2.27. The van der Waals surface area contributed by atoms with E-state index in [1.54, 1.807) is 0 Å². The van der Waals surface area contributed by atoms with Crippen LogP contribution in [0.25, 0.3) is 6.08 Å². The van der Waals surface area contributed by atoms with Crippen molar-refractivity contribution in [2.24, 2.45) is 0 Å². The minimum atomic E-state index is -0.0637. The largest absolute Gasteiger partial charge is 0.489 e. The Bertz CT molecular complexity index is 811. The maximum absolute atomic E-state index is 12.3. The van der Waals surface area contributed by atoms with Crippen molar-refractivity contribution in [2.45, 2.75) is 24.8 Å². The highest BCUT2D eigenvalue weighted by Crippen LogP contribution is 2.39. The van der Waals surface area contributed by atoms with E-state index in [9.17, 15) is 4.79 Å². The van der Waals surface area contributed by atoms with E-state index < -0.39 is 0 Å². The van der Waals surface area contributed by atoms with E-state index in [1.807, 2.05) is 56.3 Å². The molecule has 1 amide bonds. The van der Waals surface area contributed by atoms with E-state index in [1.165, 1.54) is 11.8 Å². The van der Waals surface area contributed by atoms with E-state index in [0.717, 1.165) is 29.0 Å². The van der Waals surface area contributed by atoms with E-state index in [0.29, 0.717) is 4.91 Å². The van der Waals surface area contributed by atoms with Crippen LogP contribution >= 0.6 is 56.9 Å². The van der Waals surface area contributed by atoms with Crippen molar-refractivity contribution in [2.75, 3.05) is 5.32 Å². The van der Waals surface area contributed by atoms with E-state index in [4.69, 9.17) is 4.74 Å². The molecule has 1 heterocycles. The van der Waals surface area contributed by atoms with Crippen molar-refractivity contribution in [3.8, 4) is 5.75 Å². The van der Waals surface area contributed by atoms with Gasteiger partial charge in [0.1, 0.15) is 5.75 Å². The molecule has 3 rings (SSSR count). The quantitative estimate of drug-likeness (QED) is 0.381. The molecular formula is C18H15I2NO2S. The Kier molecular flexibility index (Phi) is 5.76. The zero-order valence-corrected chi connectivity index (χ0v) is 18.2. The Morgan fingerprint density at radius 1 is 1.17 bits per heavy atom. The predicted molar refractivity (Wildman–Crippen MR) is 117 cm³/mol. The minimum absolute atomic E-state index is 0.0637. The van der Waals surface area contributed by atoms with Crippen LogP contribution in [0.5, 0.6) is 5.75 Å². The van der Waals surface area contributed by atoms with Crippen molar-refractivity contribution < 1.29 is 9.53 Å². The molecule has 1 aliphatic heterocycles. The molecule has 0 fully saturated rings. The summed E-state index contributed by atoms with van der Waals surface area (Å²) in [6.45, 7) is 4.03. The van der Waals surface area contributed by atoms with E-state index >= 15 is 0 Å². The topological polar surface area (TPSA) is 38.3 Å². The summed E-state index contributed by atoms with van der Waals surface area (Å²) in [5.41, 5.74) is 1.87. The SMILES string of the molecule is CC(C)Oc1c(I)cc(/C=C2\Sc3ccccc3NC2=O)cc1I. The number of rotatable bonds is 3. The molecule has 1 N–H and O–H groups in total. The smallest absolute Gasteiger partial charge is 0.262 e. The van der Waals surface area contributed by atoms with Crippen molar-refractivity contribution in [3.63, 3.8) is 0 Å². The molecule has 0 bridgehead atoms. The number of fused-ring (bicyclic) bond motifs is 1. The Morgan fingerprint density at radius 3 is 2.50 bits per heavy atom. The number of hydrogen-bond acceptors (Lipinski definition) is 3. The minimum Gasteiger partial charge on any atom is -0.489 e. The lowest BCUT2D eigenvalue weighted by atomic mass is 10.2. The number of carbonyl (C=O) groups is 1. The summed E-state index contributed by atoms with van der Waals surface area (Å²) in [6, 6.07) is 11.9. The normalized spacial score (nSPS) is 15.4. The van der Waals surface area contributed by atoms with Crippen LogP contribution in [0.3, 0.4) is 0 Å². The fourth-order valence-corrected chi connectivity index (χ4v) is 5.29. The first-order valence-corrected chi connectivity index (χ1v) is 10.4. The van der Waals surface area contributed by atoms with Crippen LogP contribution in [-0.4, -0.2) is 12.0 Å². The van der Waals surface area contributed by atoms with Gasteiger partial charge in [-0.2, -0.15) is 0 Å². The molecule has 2 aromatic rings. The number of amides is 1. The molecular weight excluding hydrogens is 548 g/mol. The summed E-state index contributed by atoms with van der Waals surface area (Å²) in [5, 5.41) is 2.94. The Balaban J connectivity index is 1.93. The van der Waals surface area contributed by atoms with E-state index in [-0.39, 0.29) is 12.0 Å². The van der Waals surface area contributed by atoms with Gasteiger partial charge in [-0.3, -0.25) is 4.79 Å². The standard InChI is InChI=1S/C18H15I2NO2S/c1-10(2)23-17-12(19)7-11(8-13(17)20)9-16-18(22)21-14-5-3-4-6-15(14)24-16/h3-10H,1-2H3,(H,21,22)/b16-9-. The summed E-state index contributed by atoms with van der Waals surface area (Å²) < 4.78 is 7.95. The van der Waals surface area contributed by atoms with Gasteiger partial charge in [-0.15, -0.1) is 0 Å². The second-order valence-electron chi connectivity index (χ2n) is 5.54. The molecule has 0 radical (unpaired) electrons. The highest BCUT2D eigenvalue weighted by atomic mass is 127. The van der Waals surface area contributed by atoms with Crippen molar-refractivity contribution in [3.05, 3.63) is 54.0 Å². The Hall–Kier alpha value is -0.740. The van der Waals surface area contributed by atoms with Gasteiger partial charge in [0.15, 0.2) is 0 Å². The van der Waals surface area contributed by atoms with Gasteiger partial charge in [0.2, 0.25) is 0 Å². The molecule has 6 heteroatoms. The Morgan fingerprint density at radius 2 is 1.83 bits per heavy atom. The highest BCUT2D eigenvalue weighted by Gasteiger charge is 2.20. The third kappa shape index (κ3) is 4.08. The molecule has 0 aliphatic carbocycles. The number of halogens is 2. The average molecular weight is 563 g/mol. The number of hydrogen-bond donors (Lipinski definition) is 1. The predicted octanol–water partition coefficient (Wildman–Crippen LogP) is 5.77. The van der Waals surface area contributed by atoms with Crippen LogP contribution < -0.4 is 10.1 Å². The average Bonchev–Trinajstić information content (AvgIpc) is 2.51. The molecule has 0 saturated heterocycles. The second-order valence-corrected chi connectivity index (χ2v) is 8.95. The summed E-state index contributed by atoms with van der Waals surface area (Å²) >= 11 is 6.06. The molecule has 0 unspecified atom stereocenters. The van der Waals surface area contributed by atoms with Gasteiger partial charge in [-0.05, 0) is 94.9 Å². The second kappa shape index (κ2) is 7.65. The van der Waals surface area contributed by atoms with Crippen LogP contribution in [0.2, 0.25) is 0 Å². The first-order valence-electron chi connectivity index (χ1n) is 7.39. The summed E-state index contributed by atoms with van der Waals surface area (Å²) in [5.74, 6) is 0.839. The summed E-state index contributed by atoms with van der Waals surface area (Å²) in [7, 11) is 0.